The molecule has 136 valence electrons. The molecule has 0 unspecified atom stereocenters. The van der Waals surface area contributed by atoms with Crippen molar-refractivity contribution in [2.24, 2.45) is 0 Å². The zero-order valence-corrected chi connectivity index (χ0v) is 15.0. The van der Waals surface area contributed by atoms with E-state index in [0.717, 1.165) is 24.2 Å². The zero-order valence-electron chi connectivity index (χ0n) is 15.0. The third-order valence-corrected chi connectivity index (χ3v) is 4.23. The summed E-state index contributed by atoms with van der Waals surface area (Å²) < 4.78 is 5.78. The van der Waals surface area contributed by atoms with Crippen LogP contribution in [0, 0.1) is 0 Å². The van der Waals surface area contributed by atoms with Gasteiger partial charge in [-0.3, -0.25) is 0 Å². The molecule has 0 spiro atoms. The molecule has 0 saturated carbocycles. The third-order valence-electron chi connectivity index (χ3n) is 4.23. The van der Waals surface area contributed by atoms with Gasteiger partial charge in [0.2, 0.25) is 0 Å². The maximum absolute atomic E-state index is 11.6. The molecular weight excluding hydrogens is 336 g/mol. The highest BCUT2D eigenvalue weighted by atomic mass is 16.5. The van der Waals surface area contributed by atoms with E-state index in [4.69, 9.17) is 4.74 Å². The molecule has 0 aliphatic heterocycles. The summed E-state index contributed by atoms with van der Waals surface area (Å²) in [6.07, 6.45) is 3.61. The number of carboxylic acid groups (broad SMARTS) is 1. The summed E-state index contributed by atoms with van der Waals surface area (Å²) in [5.74, 6) is -0.153. The van der Waals surface area contributed by atoms with E-state index in [1.807, 2.05) is 60.7 Å². The Morgan fingerprint density at radius 1 is 0.852 bits per heavy atom. The Morgan fingerprint density at radius 2 is 1.48 bits per heavy atom. The van der Waals surface area contributed by atoms with Gasteiger partial charge < -0.3 is 9.84 Å². The summed E-state index contributed by atoms with van der Waals surface area (Å²) in [6.45, 7) is 0.647. The lowest BCUT2D eigenvalue weighted by Crippen LogP contribution is -2.00. The highest BCUT2D eigenvalue weighted by Gasteiger charge is 2.09. The molecule has 0 aliphatic rings. The first-order valence-electron chi connectivity index (χ1n) is 8.99. The molecule has 0 fully saturated rings. The number of rotatable bonds is 8. The van der Waals surface area contributed by atoms with Crippen LogP contribution in [0.4, 0.5) is 0 Å². The van der Waals surface area contributed by atoms with Crippen LogP contribution < -0.4 is 4.74 Å². The first-order valence-corrected chi connectivity index (χ1v) is 8.99. The standard InChI is InChI=1S/C24H22O3/c25-24(26)23(21-11-5-2-6-12-21)18-20-13-15-22(16-14-20)27-17-7-10-19-8-3-1-4-9-19/h1-6,8-9,11-16,18H,7,10,17H2,(H,25,26)/b23-18-. The lowest BCUT2D eigenvalue weighted by molar-refractivity contribution is -0.130. The van der Waals surface area contributed by atoms with Gasteiger partial charge in [0.15, 0.2) is 0 Å². The summed E-state index contributed by atoms with van der Waals surface area (Å²) >= 11 is 0. The molecule has 0 amide bonds. The summed E-state index contributed by atoms with van der Waals surface area (Å²) in [7, 11) is 0. The quantitative estimate of drug-likeness (QED) is 0.337. The first kappa shape index (κ1) is 18.5. The molecule has 3 aromatic carbocycles. The fourth-order valence-corrected chi connectivity index (χ4v) is 2.82. The molecule has 0 bridgehead atoms. The van der Waals surface area contributed by atoms with Gasteiger partial charge >= 0.3 is 5.97 Å². The van der Waals surface area contributed by atoms with Gasteiger partial charge in [0.25, 0.3) is 0 Å². The molecule has 0 aromatic heterocycles. The molecule has 3 heteroatoms. The molecule has 0 aliphatic carbocycles. The lowest BCUT2D eigenvalue weighted by Gasteiger charge is -2.07. The van der Waals surface area contributed by atoms with E-state index in [1.54, 1.807) is 18.2 Å². The van der Waals surface area contributed by atoms with E-state index >= 15 is 0 Å². The van der Waals surface area contributed by atoms with E-state index in [1.165, 1.54) is 5.56 Å². The molecule has 3 aromatic rings. The number of carboxylic acids is 1. The molecule has 3 rings (SSSR count). The fraction of sp³-hybridized carbons (Fsp3) is 0.125. The van der Waals surface area contributed by atoms with Crippen LogP contribution in [0.25, 0.3) is 11.6 Å². The summed E-state index contributed by atoms with van der Waals surface area (Å²) in [5.41, 5.74) is 3.09. The van der Waals surface area contributed by atoms with E-state index in [0.29, 0.717) is 12.2 Å². The molecule has 0 radical (unpaired) electrons. The molecule has 0 saturated heterocycles. The molecular formula is C24H22O3. The van der Waals surface area contributed by atoms with Crippen LogP contribution in [-0.2, 0) is 11.2 Å². The minimum atomic E-state index is -0.942. The highest BCUT2D eigenvalue weighted by Crippen LogP contribution is 2.20. The highest BCUT2D eigenvalue weighted by molar-refractivity contribution is 6.20. The van der Waals surface area contributed by atoms with Crippen LogP contribution in [0.3, 0.4) is 0 Å². The maximum atomic E-state index is 11.6. The van der Waals surface area contributed by atoms with Crippen molar-refractivity contribution in [2.45, 2.75) is 12.8 Å². The fourth-order valence-electron chi connectivity index (χ4n) is 2.82. The molecule has 27 heavy (non-hydrogen) atoms. The van der Waals surface area contributed by atoms with Crippen molar-refractivity contribution in [1.29, 1.82) is 0 Å². The minimum absolute atomic E-state index is 0.270. The molecule has 0 atom stereocenters. The van der Waals surface area contributed by atoms with Crippen molar-refractivity contribution in [1.82, 2.24) is 0 Å². The minimum Gasteiger partial charge on any atom is -0.494 e. The van der Waals surface area contributed by atoms with Gasteiger partial charge in [-0.15, -0.1) is 0 Å². The van der Waals surface area contributed by atoms with Gasteiger partial charge in [-0.25, -0.2) is 4.79 Å². The van der Waals surface area contributed by atoms with Crippen LogP contribution in [0.5, 0.6) is 5.75 Å². The number of carbonyl (C=O) groups is 1. The van der Waals surface area contributed by atoms with Crippen molar-refractivity contribution in [3.05, 3.63) is 102 Å². The second kappa shape index (κ2) is 9.39. The first-order chi connectivity index (χ1) is 13.2. The van der Waals surface area contributed by atoms with Gasteiger partial charge in [-0.05, 0) is 47.7 Å². The smallest absolute Gasteiger partial charge is 0.336 e. The number of benzene rings is 3. The average Bonchev–Trinajstić information content (AvgIpc) is 2.71. The van der Waals surface area contributed by atoms with E-state index in [-0.39, 0.29) is 5.57 Å². The van der Waals surface area contributed by atoms with Gasteiger partial charge in [-0.2, -0.15) is 0 Å². The lowest BCUT2D eigenvalue weighted by atomic mass is 10.0. The van der Waals surface area contributed by atoms with Crippen LogP contribution in [0.1, 0.15) is 23.1 Å². The molecule has 0 heterocycles. The van der Waals surface area contributed by atoms with Crippen LogP contribution >= 0.6 is 0 Å². The molecule has 1 N–H and O–H groups in total. The zero-order chi connectivity index (χ0) is 18.9. The third kappa shape index (κ3) is 5.58. The second-order valence-electron chi connectivity index (χ2n) is 6.24. The van der Waals surface area contributed by atoms with Crippen molar-refractivity contribution in [3.8, 4) is 5.75 Å². The number of aryl methyl sites for hydroxylation is 1. The Labute approximate surface area is 159 Å². The van der Waals surface area contributed by atoms with Crippen molar-refractivity contribution < 1.29 is 14.6 Å². The number of aliphatic carboxylic acids is 1. The monoisotopic (exact) mass is 358 g/mol. The maximum Gasteiger partial charge on any atom is 0.336 e. The Bertz CT molecular complexity index is 882. The Hall–Kier alpha value is -3.33. The van der Waals surface area contributed by atoms with Crippen LogP contribution in [-0.4, -0.2) is 17.7 Å². The van der Waals surface area contributed by atoms with Crippen LogP contribution in [0.15, 0.2) is 84.9 Å². The number of ether oxygens (including phenoxy) is 1. The largest absolute Gasteiger partial charge is 0.494 e. The predicted molar refractivity (Wildman–Crippen MR) is 109 cm³/mol. The van der Waals surface area contributed by atoms with Gasteiger partial charge in [-0.1, -0.05) is 72.8 Å². The van der Waals surface area contributed by atoms with Gasteiger partial charge in [0, 0.05) is 0 Å². The van der Waals surface area contributed by atoms with Crippen LogP contribution in [0.2, 0.25) is 0 Å². The summed E-state index contributed by atoms with van der Waals surface area (Å²) in [6, 6.07) is 27.0. The number of hydrogen-bond acceptors (Lipinski definition) is 2. The van der Waals surface area contributed by atoms with Crippen molar-refractivity contribution in [3.63, 3.8) is 0 Å². The Kier molecular flexibility index (Phi) is 6.42. The normalized spacial score (nSPS) is 11.2. The number of hydrogen-bond donors (Lipinski definition) is 1. The average molecular weight is 358 g/mol. The van der Waals surface area contributed by atoms with Gasteiger partial charge in [0.1, 0.15) is 5.75 Å². The Balaban J connectivity index is 1.58. The summed E-state index contributed by atoms with van der Waals surface area (Å²) in [5, 5.41) is 9.49. The second-order valence-corrected chi connectivity index (χ2v) is 6.24. The molecule has 3 nitrogen and oxygen atoms in total. The summed E-state index contributed by atoms with van der Waals surface area (Å²) in [4.78, 5) is 11.6. The predicted octanol–water partition coefficient (Wildman–Crippen LogP) is 5.32. The topological polar surface area (TPSA) is 46.5 Å². The van der Waals surface area contributed by atoms with E-state index in [2.05, 4.69) is 12.1 Å². The Morgan fingerprint density at radius 3 is 2.11 bits per heavy atom. The van der Waals surface area contributed by atoms with Crippen molar-refractivity contribution in [2.75, 3.05) is 6.61 Å². The van der Waals surface area contributed by atoms with E-state index < -0.39 is 5.97 Å². The van der Waals surface area contributed by atoms with Gasteiger partial charge in [0.05, 0.1) is 12.2 Å². The van der Waals surface area contributed by atoms with Crippen molar-refractivity contribution >= 4 is 17.6 Å². The SMILES string of the molecule is O=C(O)/C(=C\c1ccc(OCCCc2ccccc2)cc1)c1ccccc1. The van der Waals surface area contributed by atoms with E-state index in [9.17, 15) is 9.90 Å².